The zero-order valence-electron chi connectivity index (χ0n) is 20.7. The monoisotopic (exact) mass is 479 g/mol. The minimum atomic E-state index is -0.318. The minimum absolute atomic E-state index is 0.0144. The van der Waals surface area contributed by atoms with E-state index in [0.717, 1.165) is 24.2 Å². The number of nitrogens with one attached hydrogen (secondary N) is 1. The fourth-order valence-electron chi connectivity index (χ4n) is 3.88. The van der Waals surface area contributed by atoms with E-state index >= 15 is 0 Å². The molecule has 1 heterocycles. The van der Waals surface area contributed by atoms with Crippen LogP contribution < -0.4 is 14.8 Å². The molecule has 186 valence electrons. The number of rotatable bonds is 12. The Morgan fingerprint density at radius 3 is 2.37 bits per heavy atom. The highest BCUT2D eigenvalue weighted by molar-refractivity contribution is 5.95. The molecule has 3 aromatic rings. The zero-order valence-corrected chi connectivity index (χ0v) is 20.7. The van der Waals surface area contributed by atoms with Crippen molar-refractivity contribution < 1.29 is 23.6 Å². The number of hydrogen-bond acceptors (Lipinski definition) is 6. The number of methoxy groups -OCH3 is 2. The highest BCUT2D eigenvalue weighted by atomic mass is 16.5. The first-order valence-electron chi connectivity index (χ1n) is 11.8. The minimum Gasteiger partial charge on any atom is -0.497 e. The normalized spacial score (nSPS) is 10.8. The molecule has 1 N–H and O–H groups in total. The van der Waals surface area contributed by atoms with Gasteiger partial charge in [0.05, 0.1) is 20.8 Å². The van der Waals surface area contributed by atoms with Crippen molar-refractivity contribution in [1.82, 2.24) is 15.4 Å². The number of ether oxygens (including phenoxy) is 2. The van der Waals surface area contributed by atoms with Gasteiger partial charge in [0.2, 0.25) is 0 Å². The van der Waals surface area contributed by atoms with Gasteiger partial charge >= 0.3 is 0 Å². The summed E-state index contributed by atoms with van der Waals surface area (Å²) in [5.41, 5.74) is 1.81. The summed E-state index contributed by atoms with van der Waals surface area (Å²) >= 11 is 0. The Kier molecular flexibility index (Phi) is 9.29. The molecule has 0 spiro atoms. The molecule has 0 saturated carbocycles. The zero-order chi connectivity index (χ0) is 25.2. The van der Waals surface area contributed by atoms with Crippen LogP contribution in [0, 0.1) is 0 Å². The van der Waals surface area contributed by atoms with Crippen LogP contribution in [0.15, 0.2) is 59.1 Å². The second kappa shape index (κ2) is 12.6. The highest BCUT2D eigenvalue weighted by Gasteiger charge is 2.25. The van der Waals surface area contributed by atoms with E-state index in [4.69, 9.17) is 14.0 Å². The van der Waals surface area contributed by atoms with Gasteiger partial charge in [0.25, 0.3) is 11.8 Å². The number of amides is 2. The van der Waals surface area contributed by atoms with Crippen LogP contribution in [0.4, 0.5) is 0 Å². The Morgan fingerprint density at radius 2 is 1.71 bits per heavy atom. The highest BCUT2D eigenvalue weighted by Crippen LogP contribution is 2.21. The molecule has 0 aliphatic rings. The molecule has 2 aromatic carbocycles. The lowest BCUT2D eigenvalue weighted by Gasteiger charge is -2.29. The smallest absolute Gasteiger partial charge is 0.273 e. The van der Waals surface area contributed by atoms with E-state index in [0.29, 0.717) is 30.0 Å². The molecule has 2 amide bonds. The van der Waals surface area contributed by atoms with Crippen molar-refractivity contribution in [3.8, 4) is 11.5 Å². The molecule has 0 bridgehead atoms. The van der Waals surface area contributed by atoms with E-state index in [1.54, 1.807) is 49.5 Å². The fourth-order valence-corrected chi connectivity index (χ4v) is 3.88. The molecule has 0 fully saturated rings. The van der Waals surface area contributed by atoms with Crippen molar-refractivity contribution in [2.45, 2.75) is 45.7 Å². The summed E-state index contributed by atoms with van der Waals surface area (Å²) in [6.45, 7) is 4.76. The number of carbonyl (C=O) groups is 2. The molecule has 0 aliphatic carbocycles. The fraction of sp³-hybridized carbons (Fsp3) is 0.370. The predicted octanol–water partition coefficient (Wildman–Crippen LogP) is 4.50. The van der Waals surface area contributed by atoms with Gasteiger partial charge in [-0.05, 0) is 55.2 Å². The quantitative estimate of drug-likeness (QED) is 0.411. The van der Waals surface area contributed by atoms with Crippen LogP contribution in [-0.4, -0.2) is 48.7 Å². The van der Waals surface area contributed by atoms with E-state index in [2.05, 4.69) is 10.5 Å². The lowest BCUT2D eigenvalue weighted by Crippen LogP contribution is -2.39. The lowest BCUT2D eigenvalue weighted by atomic mass is 10.1. The van der Waals surface area contributed by atoms with Gasteiger partial charge in [0.15, 0.2) is 11.5 Å². The van der Waals surface area contributed by atoms with Gasteiger partial charge < -0.3 is 24.2 Å². The van der Waals surface area contributed by atoms with Gasteiger partial charge in [-0.1, -0.05) is 37.2 Å². The first kappa shape index (κ1) is 25.8. The van der Waals surface area contributed by atoms with Gasteiger partial charge in [-0.25, -0.2) is 0 Å². The third-order valence-corrected chi connectivity index (χ3v) is 5.94. The predicted molar refractivity (Wildman–Crippen MR) is 133 cm³/mol. The van der Waals surface area contributed by atoms with Crippen LogP contribution in [0.1, 0.15) is 58.9 Å². The molecule has 0 aliphatic heterocycles. The molecular formula is C27H33N3O5. The van der Waals surface area contributed by atoms with Crippen molar-refractivity contribution in [1.29, 1.82) is 0 Å². The summed E-state index contributed by atoms with van der Waals surface area (Å²) < 4.78 is 15.9. The third-order valence-electron chi connectivity index (χ3n) is 5.94. The molecule has 8 heteroatoms. The Morgan fingerprint density at radius 1 is 1.00 bits per heavy atom. The van der Waals surface area contributed by atoms with Crippen LogP contribution in [0.5, 0.6) is 11.5 Å². The van der Waals surface area contributed by atoms with Crippen molar-refractivity contribution >= 4 is 11.8 Å². The van der Waals surface area contributed by atoms with Crippen LogP contribution in [0.25, 0.3) is 0 Å². The first-order valence-corrected chi connectivity index (χ1v) is 11.8. The number of carbonyl (C=O) groups excluding carboxylic acids is 2. The average molecular weight is 480 g/mol. The van der Waals surface area contributed by atoms with E-state index in [1.165, 1.54) is 0 Å². The topological polar surface area (TPSA) is 93.9 Å². The molecule has 8 nitrogen and oxygen atoms in total. The van der Waals surface area contributed by atoms with Crippen LogP contribution in [0.2, 0.25) is 0 Å². The summed E-state index contributed by atoms with van der Waals surface area (Å²) in [7, 11) is 3.19. The maximum absolute atomic E-state index is 13.4. The van der Waals surface area contributed by atoms with Crippen molar-refractivity contribution in [2.75, 3.05) is 20.8 Å². The van der Waals surface area contributed by atoms with Gasteiger partial charge in [0.1, 0.15) is 11.5 Å². The summed E-state index contributed by atoms with van der Waals surface area (Å²) in [6, 6.07) is 16.4. The Balaban J connectivity index is 1.64. The molecule has 0 unspecified atom stereocenters. The van der Waals surface area contributed by atoms with Crippen LogP contribution >= 0.6 is 0 Å². The standard InChI is InChI=1S/C27H33N3O5/c1-5-21(6-2)30(27(32)20-8-7-9-23(16-20)34-4)18-24-17-25(29-35-24)26(31)28-15-14-19-10-12-22(33-3)13-11-19/h7-13,16-17,21H,5-6,14-15,18H2,1-4H3,(H,28,31). The Bertz CT molecular complexity index is 1110. The van der Waals surface area contributed by atoms with Crippen molar-refractivity contribution in [3.05, 3.63) is 77.2 Å². The molecule has 1 aromatic heterocycles. The summed E-state index contributed by atoms with van der Waals surface area (Å²) in [5.74, 6) is 1.42. The van der Waals surface area contributed by atoms with Gasteiger partial charge in [-0.15, -0.1) is 0 Å². The molecule has 0 atom stereocenters. The van der Waals surface area contributed by atoms with E-state index in [1.807, 2.05) is 38.1 Å². The number of aromatic nitrogens is 1. The van der Waals surface area contributed by atoms with Gasteiger partial charge in [-0.3, -0.25) is 9.59 Å². The van der Waals surface area contributed by atoms with Crippen LogP contribution in [-0.2, 0) is 13.0 Å². The Labute approximate surface area is 206 Å². The number of nitrogens with zero attached hydrogens (tertiary/aromatic N) is 2. The second-order valence-electron chi connectivity index (χ2n) is 8.17. The van der Waals surface area contributed by atoms with E-state index < -0.39 is 0 Å². The molecule has 3 rings (SSSR count). The van der Waals surface area contributed by atoms with Crippen molar-refractivity contribution in [2.24, 2.45) is 0 Å². The molecule has 35 heavy (non-hydrogen) atoms. The molecule has 0 radical (unpaired) electrons. The summed E-state index contributed by atoms with van der Waals surface area (Å²) in [4.78, 5) is 27.7. The summed E-state index contributed by atoms with van der Waals surface area (Å²) in [6.07, 6.45) is 2.26. The molecule has 0 saturated heterocycles. The van der Waals surface area contributed by atoms with Crippen LogP contribution in [0.3, 0.4) is 0 Å². The maximum atomic E-state index is 13.4. The second-order valence-corrected chi connectivity index (χ2v) is 8.17. The average Bonchev–Trinajstić information content (AvgIpc) is 3.37. The number of benzene rings is 2. The number of hydrogen-bond donors (Lipinski definition) is 1. The lowest BCUT2D eigenvalue weighted by molar-refractivity contribution is 0.0627. The van der Waals surface area contributed by atoms with E-state index in [-0.39, 0.29) is 30.1 Å². The maximum Gasteiger partial charge on any atom is 0.273 e. The Hall–Kier alpha value is -3.81. The third kappa shape index (κ3) is 6.85. The van der Waals surface area contributed by atoms with Crippen molar-refractivity contribution in [3.63, 3.8) is 0 Å². The first-order chi connectivity index (χ1) is 17.0. The van der Waals surface area contributed by atoms with Gasteiger partial charge in [0, 0.05) is 24.2 Å². The van der Waals surface area contributed by atoms with Gasteiger partial charge in [-0.2, -0.15) is 0 Å². The summed E-state index contributed by atoms with van der Waals surface area (Å²) in [5, 5.41) is 6.79. The largest absolute Gasteiger partial charge is 0.497 e. The van der Waals surface area contributed by atoms with E-state index in [9.17, 15) is 9.59 Å². The molecular weight excluding hydrogens is 446 g/mol. The SMILES string of the molecule is CCC(CC)N(Cc1cc(C(=O)NCCc2ccc(OC)cc2)no1)C(=O)c1cccc(OC)c1.